The zero-order valence-corrected chi connectivity index (χ0v) is 11.7. The van der Waals surface area contributed by atoms with E-state index in [1.807, 2.05) is 0 Å². The second kappa shape index (κ2) is 4.06. The van der Waals surface area contributed by atoms with E-state index in [4.69, 9.17) is 9.47 Å². The van der Waals surface area contributed by atoms with Gasteiger partial charge in [-0.25, -0.2) is 0 Å². The monoisotopic (exact) mass is 257 g/mol. The van der Waals surface area contributed by atoms with Gasteiger partial charge in [-0.2, -0.15) is 5.26 Å². The summed E-state index contributed by atoms with van der Waals surface area (Å²) in [7, 11) is 0. The van der Waals surface area contributed by atoms with Crippen molar-refractivity contribution in [2.45, 2.75) is 26.2 Å². The number of nitriles is 1. The molecule has 0 N–H and O–H groups in total. The molecule has 0 aliphatic carbocycles. The summed E-state index contributed by atoms with van der Waals surface area (Å²) in [4.78, 5) is 0. The van der Waals surface area contributed by atoms with Crippen molar-refractivity contribution in [1.82, 2.24) is 0 Å². The van der Waals surface area contributed by atoms with E-state index >= 15 is 0 Å². The van der Waals surface area contributed by atoms with Gasteiger partial charge in [0.1, 0.15) is 5.41 Å². The van der Waals surface area contributed by atoms with Crippen molar-refractivity contribution in [1.29, 1.82) is 5.26 Å². The van der Waals surface area contributed by atoms with Crippen LogP contribution < -0.4 is 0 Å². The Hall–Kier alpha value is -1.37. The molecule has 2 aliphatic rings. The van der Waals surface area contributed by atoms with Crippen LogP contribution in [0.5, 0.6) is 0 Å². The second-order valence-electron chi connectivity index (χ2n) is 6.04. The Morgan fingerprint density at radius 3 is 1.84 bits per heavy atom. The Labute approximate surface area is 114 Å². The molecule has 100 valence electrons. The van der Waals surface area contributed by atoms with E-state index in [2.05, 4.69) is 39.0 Å². The minimum Gasteiger partial charge on any atom is -0.379 e. The standard InChI is InChI=1S/C16H19NO2/c1-11-4-12(2)14(13(3)5-11)16(9-19-10-16)15(6-17)7-18-8-15/h4-5H,7-10H2,1-3H3. The van der Waals surface area contributed by atoms with Gasteiger partial charge in [0.05, 0.1) is 37.9 Å². The highest BCUT2D eigenvalue weighted by Gasteiger charge is 2.62. The molecule has 0 saturated carbocycles. The lowest BCUT2D eigenvalue weighted by molar-refractivity contribution is -0.201. The molecule has 2 heterocycles. The average molecular weight is 257 g/mol. The summed E-state index contributed by atoms with van der Waals surface area (Å²) >= 11 is 0. The number of ether oxygens (including phenoxy) is 2. The molecular weight excluding hydrogens is 238 g/mol. The van der Waals surface area contributed by atoms with Gasteiger partial charge in [-0.15, -0.1) is 0 Å². The second-order valence-corrected chi connectivity index (χ2v) is 6.04. The van der Waals surface area contributed by atoms with Crippen molar-refractivity contribution >= 4 is 0 Å². The third kappa shape index (κ3) is 1.51. The van der Waals surface area contributed by atoms with Gasteiger partial charge in [-0.05, 0) is 37.5 Å². The third-order valence-corrected chi connectivity index (χ3v) is 4.68. The van der Waals surface area contributed by atoms with Gasteiger partial charge in [-0.3, -0.25) is 0 Å². The molecule has 1 aromatic rings. The molecular formula is C16H19NO2. The fourth-order valence-electron chi connectivity index (χ4n) is 3.65. The zero-order chi connectivity index (χ0) is 13.7. The van der Waals surface area contributed by atoms with Crippen LogP contribution in [-0.4, -0.2) is 26.4 Å². The van der Waals surface area contributed by atoms with Gasteiger partial charge in [-0.1, -0.05) is 17.7 Å². The molecule has 0 unspecified atom stereocenters. The normalized spacial score (nSPS) is 23.1. The Balaban J connectivity index is 2.17. The lowest BCUT2D eigenvalue weighted by Crippen LogP contribution is -2.66. The van der Waals surface area contributed by atoms with E-state index in [0.717, 1.165) is 0 Å². The maximum atomic E-state index is 9.65. The summed E-state index contributed by atoms with van der Waals surface area (Å²) < 4.78 is 10.9. The topological polar surface area (TPSA) is 42.2 Å². The number of hydrogen-bond acceptors (Lipinski definition) is 3. The summed E-state index contributed by atoms with van der Waals surface area (Å²) in [6, 6.07) is 6.92. The van der Waals surface area contributed by atoms with Crippen LogP contribution in [0.3, 0.4) is 0 Å². The fourth-order valence-corrected chi connectivity index (χ4v) is 3.65. The smallest absolute Gasteiger partial charge is 0.118 e. The van der Waals surface area contributed by atoms with Crippen molar-refractivity contribution in [2.24, 2.45) is 5.41 Å². The summed E-state index contributed by atoms with van der Waals surface area (Å²) in [6.07, 6.45) is 0. The molecule has 19 heavy (non-hydrogen) atoms. The van der Waals surface area contributed by atoms with Gasteiger partial charge in [0.25, 0.3) is 0 Å². The number of benzene rings is 1. The van der Waals surface area contributed by atoms with E-state index in [1.54, 1.807) is 0 Å². The van der Waals surface area contributed by atoms with Crippen LogP contribution in [0.4, 0.5) is 0 Å². The fraction of sp³-hybridized carbons (Fsp3) is 0.562. The summed E-state index contributed by atoms with van der Waals surface area (Å²) in [5.41, 5.74) is 4.52. The maximum Gasteiger partial charge on any atom is 0.118 e. The van der Waals surface area contributed by atoms with Crippen LogP contribution in [0.2, 0.25) is 0 Å². The van der Waals surface area contributed by atoms with Gasteiger partial charge >= 0.3 is 0 Å². The van der Waals surface area contributed by atoms with Gasteiger partial charge in [0.15, 0.2) is 0 Å². The maximum absolute atomic E-state index is 9.65. The van der Waals surface area contributed by atoms with Crippen LogP contribution in [0.1, 0.15) is 22.3 Å². The molecule has 0 bridgehead atoms. The van der Waals surface area contributed by atoms with E-state index in [1.165, 1.54) is 22.3 Å². The predicted molar refractivity (Wildman–Crippen MR) is 72.0 cm³/mol. The summed E-state index contributed by atoms with van der Waals surface area (Å²) in [6.45, 7) is 8.71. The molecule has 1 aromatic carbocycles. The number of aryl methyl sites for hydroxylation is 3. The molecule has 0 radical (unpaired) electrons. The first-order valence-electron chi connectivity index (χ1n) is 6.70. The lowest BCUT2D eigenvalue weighted by atomic mass is 9.56. The largest absolute Gasteiger partial charge is 0.379 e. The quantitative estimate of drug-likeness (QED) is 0.817. The highest BCUT2D eigenvalue weighted by atomic mass is 16.5. The molecule has 0 aromatic heterocycles. The Morgan fingerprint density at radius 2 is 1.53 bits per heavy atom. The zero-order valence-electron chi connectivity index (χ0n) is 11.7. The molecule has 0 atom stereocenters. The summed E-state index contributed by atoms with van der Waals surface area (Å²) in [5.74, 6) is 0. The minimum absolute atomic E-state index is 0.179. The molecule has 0 spiro atoms. The Kier molecular flexibility index (Phi) is 2.70. The number of rotatable bonds is 2. The van der Waals surface area contributed by atoms with Crippen LogP contribution in [0.15, 0.2) is 12.1 Å². The predicted octanol–water partition coefficient (Wildman–Crippen LogP) is 2.42. The van der Waals surface area contributed by atoms with E-state index < -0.39 is 5.41 Å². The molecule has 2 fully saturated rings. The third-order valence-electron chi connectivity index (χ3n) is 4.68. The lowest BCUT2D eigenvalue weighted by Gasteiger charge is -2.56. The van der Waals surface area contributed by atoms with Gasteiger partial charge in [0, 0.05) is 0 Å². The van der Waals surface area contributed by atoms with Crippen molar-refractivity contribution in [3.63, 3.8) is 0 Å². The van der Waals surface area contributed by atoms with E-state index in [-0.39, 0.29) is 5.41 Å². The van der Waals surface area contributed by atoms with Crippen LogP contribution in [-0.2, 0) is 14.9 Å². The van der Waals surface area contributed by atoms with Gasteiger partial charge in [0.2, 0.25) is 0 Å². The average Bonchev–Trinajstić information content (AvgIpc) is 2.22. The molecule has 3 heteroatoms. The van der Waals surface area contributed by atoms with Crippen LogP contribution >= 0.6 is 0 Å². The molecule has 3 nitrogen and oxygen atoms in total. The molecule has 2 saturated heterocycles. The van der Waals surface area contributed by atoms with Gasteiger partial charge < -0.3 is 9.47 Å². The first-order valence-corrected chi connectivity index (χ1v) is 6.70. The van der Waals surface area contributed by atoms with Crippen molar-refractivity contribution in [3.8, 4) is 6.07 Å². The molecule has 0 amide bonds. The minimum atomic E-state index is -0.407. The molecule has 2 aliphatic heterocycles. The Bertz CT molecular complexity index is 540. The van der Waals surface area contributed by atoms with Crippen molar-refractivity contribution in [3.05, 3.63) is 34.4 Å². The van der Waals surface area contributed by atoms with Crippen molar-refractivity contribution in [2.75, 3.05) is 26.4 Å². The first-order chi connectivity index (χ1) is 9.05. The summed E-state index contributed by atoms with van der Waals surface area (Å²) in [5, 5.41) is 9.65. The van der Waals surface area contributed by atoms with Crippen molar-refractivity contribution < 1.29 is 9.47 Å². The van der Waals surface area contributed by atoms with E-state index in [0.29, 0.717) is 26.4 Å². The Morgan fingerprint density at radius 1 is 1.00 bits per heavy atom. The number of hydrogen-bond donors (Lipinski definition) is 0. The van der Waals surface area contributed by atoms with Crippen LogP contribution in [0.25, 0.3) is 0 Å². The first kappa shape index (κ1) is 12.7. The number of nitrogens with zero attached hydrogens (tertiary/aromatic N) is 1. The highest BCUT2D eigenvalue weighted by Crippen LogP contribution is 2.53. The highest BCUT2D eigenvalue weighted by molar-refractivity contribution is 5.48. The SMILES string of the molecule is Cc1cc(C)c(C2(C3(C#N)COC3)COC2)c(C)c1. The van der Waals surface area contributed by atoms with E-state index in [9.17, 15) is 5.26 Å². The van der Waals surface area contributed by atoms with Crippen LogP contribution in [0, 0.1) is 37.5 Å². The molecule has 3 rings (SSSR count).